The molecule has 0 bridgehead atoms. The zero-order valence-electron chi connectivity index (χ0n) is 16.4. The van der Waals surface area contributed by atoms with Crippen molar-refractivity contribution in [2.75, 3.05) is 23.9 Å². The maximum absolute atomic E-state index is 12.5. The molecule has 9 heteroatoms. The van der Waals surface area contributed by atoms with E-state index in [0.29, 0.717) is 22.8 Å². The molecule has 3 rings (SSSR count). The summed E-state index contributed by atoms with van der Waals surface area (Å²) in [6.07, 6.45) is 2.65. The van der Waals surface area contributed by atoms with E-state index in [1.54, 1.807) is 41.1 Å². The number of amides is 1. The molecule has 0 aliphatic rings. The standard InChI is InChI=1S/C20H22N4O4S/c1-14-11-15(2)24(23-14)19-8-7-16(13-21-19)20(25)22-17-5-4-6-18(12-17)28-9-10-29(3,26)27/h4-8,11-13H,9-10H2,1-3H3,(H,22,25). The summed E-state index contributed by atoms with van der Waals surface area (Å²) in [6.45, 7) is 3.89. The van der Waals surface area contributed by atoms with Crippen LogP contribution < -0.4 is 10.1 Å². The van der Waals surface area contributed by atoms with Crippen molar-refractivity contribution in [2.24, 2.45) is 0 Å². The van der Waals surface area contributed by atoms with Crippen molar-refractivity contribution in [1.82, 2.24) is 14.8 Å². The minimum atomic E-state index is -3.09. The highest BCUT2D eigenvalue weighted by Gasteiger charge is 2.10. The summed E-state index contributed by atoms with van der Waals surface area (Å²) >= 11 is 0. The first-order chi connectivity index (χ1) is 13.7. The van der Waals surface area contributed by atoms with E-state index in [0.717, 1.165) is 17.6 Å². The number of carbonyl (C=O) groups is 1. The van der Waals surface area contributed by atoms with Crippen LogP contribution in [0, 0.1) is 13.8 Å². The van der Waals surface area contributed by atoms with E-state index in [2.05, 4.69) is 15.4 Å². The first-order valence-corrected chi connectivity index (χ1v) is 11.0. The Balaban J connectivity index is 1.65. The molecule has 152 valence electrons. The summed E-state index contributed by atoms with van der Waals surface area (Å²) in [5, 5.41) is 7.15. The van der Waals surface area contributed by atoms with Crippen molar-refractivity contribution in [1.29, 1.82) is 0 Å². The minimum Gasteiger partial charge on any atom is -0.492 e. The predicted octanol–water partition coefficient (Wildman–Crippen LogP) is 2.56. The molecule has 1 aromatic carbocycles. The summed E-state index contributed by atoms with van der Waals surface area (Å²) in [6, 6.07) is 12.1. The Morgan fingerprint density at radius 1 is 1.17 bits per heavy atom. The molecule has 0 saturated heterocycles. The lowest BCUT2D eigenvalue weighted by Gasteiger charge is -2.09. The van der Waals surface area contributed by atoms with E-state index in [4.69, 9.17) is 4.74 Å². The number of ether oxygens (including phenoxy) is 1. The fourth-order valence-electron chi connectivity index (χ4n) is 2.68. The number of carbonyl (C=O) groups excluding carboxylic acids is 1. The molecule has 2 aromatic heterocycles. The number of aryl methyl sites for hydroxylation is 2. The topological polar surface area (TPSA) is 103 Å². The molecule has 0 atom stereocenters. The van der Waals surface area contributed by atoms with E-state index in [1.807, 2.05) is 19.9 Å². The monoisotopic (exact) mass is 414 g/mol. The molecule has 0 aliphatic heterocycles. The van der Waals surface area contributed by atoms with Gasteiger partial charge in [-0.3, -0.25) is 4.79 Å². The van der Waals surface area contributed by atoms with Gasteiger partial charge in [0.2, 0.25) is 0 Å². The third-order valence-electron chi connectivity index (χ3n) is 4.05. The molecule has 29 heavy (non-hydrogen) atoms. The average Bonchev–Trinajstić information content (AvgIpc) is 2.99. The van der Waals surface area contributed by atoms with Crippen molar-refractivity contribution in [3.8, 4) is 11.6 Å². The summed E-state index contributed by atoms with van der Waals surface area (Å²) in [5.41, 5.74) is 2.79. The van der Waals surface area contributed by atoms with Gasteiger partial charge in [-0.15, -0.1) is 0 Å². The lowest BCUT2D eigenvalue weighted by molar-refractivity contribution is 0.102. The Bertz CT molecular complexity index is 1120. The number of nitrogens with zero attached hydrogens (tertiary/aromatic N) is 3. The average molecular weight is 414 g/mol. The molecule has 1 N–H and O–H groups in total. The van der Waals surface area contributed by atoms with Gasteiger partial charge in [0.1, 0.15) is 12.4 Å². The minimum absolute atomic E-state index is 0.0495. The van der Waals surface area contributed by atoms with Gasteiger partial charge < -0.3 is 10.1 Å². The van der Waals surface area contributed by atoms with E-state index < -0.39 is 9.84 Å². The van der Waals surface area contributed by atoms with Crippen LogP contribution in [-0.2, 0) is 9.84 Å². The second-order valence-corrected chi connectivity index (χ2v) is 8.96. The Hall–Kier alpha value is -3.20. The zero-order valence-corrected chi connectivity index (χ0v) is 17.2. The lowest BCUT2D eigenvalue weighted by atomic mass is 10.2. The van der Waals surface area contributed by atoms with Gasteiger partial charge in [0, 0.05) is 29.9 Å². The van der Waals surface area contributed by atoms with Crippen LogP contribution in [0.15, 0.2) is 48.7 Å². The number of benzene rings is 1. The Morgan fingerprint density at radius 2 is 1.97 bits per heavy atom. The van der Waals surface area contributed by atoms with Crippen molar-refractivity contribution in [3.05, 3.63) is 65.6 Å². The highest BCUT2D eigenvalue weighted by Crippen LogP contribution is 2.18. The van der Waals surface area contributed by atoms with Gasteiger partial charge in [0.15, 0.2) is 15.7 Å². The van der Waals surface area contributed by atoms with Crippen LogP contribution in [0.3, 0.4) is 0 Å². The molecule has 0 spiro atoms. The first kappa shape index (κ1) is 20.5. The number of anilines is 1. The van der Waals surface area contributed by atoms with Crippen LogP contribution in [0.5, 0.6) is 5.75 Å². The normalized spacial score (nSPS) is 11.3. The lowest BCUT2D eigenvalue weighted by Crippen LogP contribution is -2.14. The fraction of sp³-hybridized carbons (Fsp3) is 0.250. The van der Waals surface area contributed by atoms with Gasteiger partial charge in [-0.25, -0.2) is 18.1 Å². The van der Waals surface area contributed by atoms with Crippen LogP contribution in [0.4, 0.5) is 5.69 Å². The number of hydrogen-bond donors (Lipinski definition) is 1. The Morgan fingerprint density at radius 3 is 2.59 bits per heavy atom. The molecule has 1 amide bonds. The van der Waals surface area contributed by atoms with Gasteiger partial charge in [-0.05, 0) is 44.2 Å². The number of hydrogen-bond acceptors (Lipinski definition) is 6. The number of aromatic nitrogens is 3. The predicted molar refractivity (Wildman–Crippen MR) is 110 cm³/mol. The van der Waals surface area contributed by atoms with Crippen molar-refractivity contribution < 1.29 is 17.9 Å². The van der Waals surface area contributed by atoms with Gasteiger partial charge in [0.05, 0.1) is 17.0 Å². The molecular formula is C20H22N4O4S. The quantitative estimate of drug-likeness (QED) is 0.637. The van der Waals surface area contributed by atoms with Gasteiger partial charge in [-0.2, -0.15) is 5.10 Å². The van der Waals surface area contributed by atoms with Crippen LogP contribution in [0.25, 0.3) is 5.82 Å². The second kappa shape index (κ2) is 8.44. The maximum Gasteiger partial charge on any atom is 0.257 e. The SMILES string of the molecule is Cc1cc(C)n(-c2ccc(C(=O)Nc3cccc(OCCS(C)(=O)=O)c3)cn2)n1. The molecule has 0 unspecified atom stereocenters. The van der Waals surface area contributed by atoms with E-state index in [9.17, 15) is 13.2 Å². The number of rotatable bonds is 7. The van der Waals surface area contributed by atoms with E-state index >= 15 is 0 Å². The van der Waals surface area contributed by atoms with E-state index in [-0.39, 0.29) is 18.3 Å². The first-order valence-electron chi connectivity index (χ1n) is 8.93. The third kappa shape index (κ3) is 5.64. The smallest absolute Gasteiger partial charge is 0.257 e. The summed E-state index contributed by atoms with van der Waals surface area (Å²) in [4.78, 5) is 16.8. The second-order valence-electron chi connectivity index (χ2n) is 6.70. The number of nitrogens with one attached hydrogen (secondary N) is 1. The Labute approximate surface area is 169 Å². The van der Waals surface area contributed by atoms with Gasteiger partial charge >= 0.3 is 0 Å². The molecule has 0 fully saturated rings. The molecule has 2 heterocycles. The van der Waals surface area contributed by atoms with Gasteiger partial charge in [0.25, 0.3) is 5.91 Å². The summed E-state index contributed by atoms with van der Waals surface area (Å²) in [5.74, 6) is 0.722. The van der Waals surface area contributed by atoms with Crippen LogP contribution in [0.1, 0.15) is 21.7 Å². The number of pyridine rings is 1. The van der Waals surface area contributed by atoms with Crippen molar-refractivity contribution in [3.63, 3.8) is 0 Å². The number of sulfone groups is 1. The highest BCUT2D eigenvalue weighted by atomic mass is 32.2. The van der Waals surface area contributed by atoms with Crippen LogP contribution in [-0.4, -0.2) is 47.7 Å². The van der Waals surface area contributed by atoms with Crippen LogP contribution >= 0.6 is 0 Å². The van der Waals surface area contributed by atoms with Gasteiger partial charge in [-0.1, -0.05) is 6.07 Å². The van der Waals surface area contributed by atoms with Crippen molar-refractivity contribution in [2.45, 2.75) is 13.8 Å². The molecule has 3 aromatic rings. The summed E-state index contributed by atoms with van der Waals surface area (Å²) in [7, 11) is -3.09. The Kier molecular flexibility index (Phi) is 5.97. The van der Waals surface area contributed by atoms with Crippen molar-refractivity contribution >= 4 is 21.4 Å². The largest absolute Gasteiger partial charge is 0.492 e. The molecule has 0 aliphatic carbocycles. The maximum atomic E-state index is 12.5. The molecular weight excluding hydrogens is 392 g/mol. The van der Waals surface area contributed by atoms with E-state index in [1.165, 1.54) is 6.20 Å². The highest BCUT2D eigenvalue weighted by molar-refractivity contribution is 7.90. The zero-order chi connectivity index (χ0) is 21.0. The molecule has 0 saturated carbocycles. The fourth-order valence-corrected chi connectivity index (χ4v) is 3.07. The third-order valence-corrected chi connectivity index (χ3v) is 4.96. The molecule has 8 nitrogen and oxygen atoms in total. The van der Waals surface area contributed by atoms with Crippen LogP contribution in [0.2, 0.25) is 0 Å². The molecule has 0 radical (unpaired) electrons. The summed E-state index contributed by atoms with van der Waals surface area (Å²) < 4.78 is 29.5.